The van der Waals surface area contributed by atoms with Gasteiger partial charge >= 0.3 is 5.69 Å². The Morgan fingerprint density at radius 2 is 2.22 bits per heavy atom. The van der Waals surface area contributed by atoms with Crippen molar-refractivity contribution in [1.82, 2.24) is 9.55 Å². The molecule has 1 saturated heterocycles. The van der Waals surface area contributed by atoms with Crippen molar-refractivity contribution in [3.8, 4) is 0 Å². The SMILES string of the molecule is CC(C)=C=C[C@@]1(O)[C@H](O)[C@@H](CO)O[C@H]1n1cc(F)c(=O)[nH]c1=O. The molecule has 1 aliphatic rings. The molecule has 8 nitrogen and oxygen atoms in total. The smallest absolute Gasteiger partial charge is 0.330 e. The molecule has 0 saturated carbocycles. The molecule has 2 heterocycles. The van der Waals surface area contributed by atoms with E-state index in [-0.39, 0.29) is 0 Å². The van der Waals surface area contributed by atoms with Crippen molar-refractivity contribution in [2.45, 2.75) is 37.9 Å². The average molecular weight is 328 g/mol. The zero-order chi connectivity index (χ0) is 17.4. The number of aliphatic hydroxyl groups excluding tert-OH is 2. The Morgan fingerprint density at radius 1 is 1.57 bits per heavy atom. The van der Waals surface area contributed by atoms with Gasteiger partial charge in [-0.3, -0.25) is 14.3 Å². The molecule has 0 unspecified atom stereocenters. The van der Waals surface area contributed by atoms with Gasteiger partial charge in [0.05, 0.1) is 12.8 Å². The summed E-state index contributed by atoms with van der Waals surface area (Å²) < 4.78 is 19.4. The molecule has 1 aliphatic heterocycles. The van der Waals surface area contributed by atoms with Gasteiger partial charge in [0.25, 0.3) is 5.56 Å². The van der Waals surface area contributed by atoms with E-state index < -0.39 is 47.7 Å². The maximum absolute atomic E-state index is 13.5. The first-order valence-electron chi connectivity index (χ1n) is 6.79. The lowest BCUT2D eigenvalue weighted by Crippen LogP contribution is -2.48. The van der Waals surface area contributed by atoms with Crippen LogP contribution in [0.2, 0.25) is 0 Å². The molecule has 0 amide bonds. The van der Waals surface area contributed by atoms with E-state index in [1.165, 1.54) is 0 Å². The molecule has 9 heteroatoms. The third-order valence-corrected chi connectivity index (χ3v) is 3.47. The molecule has 1 aromatic rings. The molecular weight excluding hydrogens is 311 g/mol. The largest absolute Gasteiger partial charge is 0.394 e. The molecule has 4 N–H and O–H groups in total. The summed E-state index contributed by atoms with van der Waals surface area (Å²) in [5.41, 5.74) is -1.05. The maximum Gasteiger partial charge on any atom is 0.330 e. The molecule has 23 heavy (non-hydrogen) atoms. The van der Waals surface area contributed by atoms with Gasteiger partial charge in [-0.1, -0.05) is 0 Å². The standard InChI is InChI=1S/C14H17FN2O6/c1-7(2)3-4-14(22)10(19)9(6-18)23-12(14)17-5-8(15)11(20)16-13(17)21/h4-5,9-10,12,18-19,22H,6H2,1-2H3,(H,16,20,21)/t9-,10-,12-,14-/m1/s1. The number of ether oxygens (including phenoxy) is 1. The topological polar surface area (TPSA) is 125 Å². The Bertz CT molecular complexity index is 774. The Balaban J connectivity index is 2.63. The van der Waals surface area contributed by atoms with E-state index >= 15 is 0 Å². The summed E-state index contributed by atoms with van der Waals surface area (Å²) in [6, 6.07) is 0. The number of rotatable bonds is 3. The van der Waals surface area contributed by atoms with E-state index in [1.54, 1.807) is 18.8 Å². The number of aliphatic hydroxyl groups is 3. The van der Waals surface area contributed by atoms with Crippen LogP contribution in [0.15, 0.2) is 33.2 Å². The van der Waals surface area contributed by atoms with E-state index in [0.29, 0.717) is 16.3 Å². The summed E-state index contributed by atoms with van der Waals surface area (Å²) in [6.45, 7) is 2.74. The monoisotopic (exact) mass is 328 g/mol. The molecule has 0 aliphatic carbocycles. The first kappa shape index (κ1) is 17.3. The highest BCUT2D eigenvalue weighted by Crippen LogP contribution is 2.38. The lowest BCUT2D eigenvalue weighted by molar-refractivity contribution is -0.0818. The lowest BCUT2D eigenvalue weighted by atomic mass is 9.93. The van der Waals surface area contributed by atoms with Crippen LogP contribution in [0.25, 0.3) is 0 Å². The predicted octanol–water partition coefficient (Wildman–Crippen LogP) is -1.22. The van der Waals surface area contributed by atoms with Crippen LogP contribution >= 0.6 is 0 Å². The number of aromatic nitrogens is 2. The second-order valence-electron chi connectivity index (χ2n) is 5.47. The molecule has 1 fully saturated rings. The molecule has 0 aromatic carbocycles. The molecular formula is C14H17FN2O6. The number of aromatic amines is 1. The predicted molar refractivity (Wildman–Crippen MR) is 76.2 cm³/mol. The molecule has 4 atom stereocenters. The van der Waals surface area contributed by atoms with Crippen LogP contribution in [0.3, 0.4) is 0 Å². The molecule has 0 spiro atoms. The third-order valence-electron chi connectivity index (χ3n) is 3.47. The molecule has 2 rings (SSSR count). The number of nitrogens with zero attached hydrogens (tertiary/aromatic N) is 1. The van der Waals surface area contributed by atoms with Crippen LogP contribution in [0.5, 0.6) is 0 Å². The van der Waals surface area contributed by atoms with Crippen LogP contribution in [0.4, 0.5) is 4.39 Å². The van der Waals surface area contributed by atoms with Gasteiger partial charge in [0.15, 0.2) is 11.8 Å². The van der Waals surface area contributed by atoms with Crippen LogP contribution in [0, 0.1) is 5.82 Å². The lowest BCUT2D eigenvalue weighted by Gasteiger charge is -2.27. The van der Waals surface area contributed by atoms with Crippen LogP contribution in [0.1, 0.15) is 20.1 Å². The number of hydrogen-bond acceptors (Lipinski definition) is 6. The van der Waals surface area contributed by atoms with Crippen molar-refractivity contribution in [3.63, 3.8) is 0 Å². The zero-order valence-electron chi connectivity index (χ0n) is 12.5. The van der Waals surface area contributed by atoms with Crippen molar-refractivity contribution >= 4 is 0 Å². The summed E-state index contributed by atoms with van der Waals surface area (Å²) in [4.78, 5) is 24.7. The highest BCUT2D eigenvalue weighted by Gasteiger charge is 2.55. The number of hydrogen-bond donors (Lipinski definition) is 4. The first-order chi connectivity index (χ1) is 10.7. The van der Waals surface area contributed by atoms with Crippen LogP contribution < -0.4 is 11.2 Å². The number of H-pyrrole nitrogens is 1. The first-order valence-corrected chi connectivity index (χ1v) is 6.79. The van der Waals surface area contributed by atoms with Crippen molar-refractivity contribution in [2.75, 3.05) is 6.61 Å². The van der Waals surface area contributed by atoms with Gasteiger partial charge in [-0.25, -0.2) is 4.79 Å². The Morgan fingerprint density at radius 3 is 2.78 bits per heavy atom. The maximum atomic E-state index is 13.5. The normalized spacial score (nSPS) is 30.1. The summed E-state index contributed by atoms with van der Waals surface area (Å²) >= 11 is 0. The fourth-order valence-electron chi connectivity index (χ4n) is 2.28. The second-order valence-corrected chi connectivity index (χ2v) is 5.47. The molecule has 1 aromatic heterocycles. The van der Waals surface area contributed by atoms with Crippen molar-refractivity contribution < 1.29 is 24.4 Å². The van der Waals surface area contributed by atoms with Gasteiger partial charge in [0.2, 0.25) is 5.82 Å². The third kappa shape index (κ3) is 3.05. The number of halogens is 1. The minimum absolute atomic E-state index is 0.569. The fourth-order valence-corrected chi connectivity index (χ4v) is 2.28. The van der Waals surface area contributed by atoms with E-state index in [1.807, 2.05) is 0 Å². The summed E-state index contributed by atoms with van der Waals surface area (Å²) in [7, 11) is 0. The van der Waals surface area contributed by atoms with Gasteiger partial charge in [-0.15, -0.1) is 5.73 Å². The van der Waals surface area contributed by atoms with Crippen LogP contribution in [-0.2, 0) is 4.74 Å². The summed E-state index contributed by atoms with van der Waals surface area (Å²) in [5, 5.41) is 30.1. The molecule has 0 bridgehead atoms. The number of nitrogens with one attached hydrogen (secondary N) is 1. The average Bonchev–Trinajstić information content (AvgIpc) is 2.73. The van der Waals surface area contributed by atoms with E-state index in [9.17, 15) is 29.3 Å². The second kappa shape index (κ2) is 6.23. The molecule has 0 radical (unpaired) electrons. The Labute approximate surface area is 129 Å². The summed E-state index contributed by atoms with van der Waals surface area (Å²) in [6.07, 6.45) is -2.70. The van der Waals surface area contributed by atoms with Crippen molar-refractivity contribution in [2.24, 2.45) is 0 Å². The van der Waals surface area contributed by atoms with Crippen molar-refractivity contribution in [3.05, 3.63) is 50.2 Å². The Kier molecular flexibility index (Phi) is 4.69. The fraction of sp³-hybridized carbons (Fsp3) is 0.500. The van der Waals surface area contributed by atoms with Crippen LogP contribution in [-0.4, -0.2) is 49.3 Å². The Hall–Kier alpha value is -2.03. The zero-order valence-corrected chi connectivity index (χ0v) is 12.5. The summed E-state index contributed by atoms with van der Waals surface area (Å²) in [5.74, 6) is -1.26. The highest BCUT2D eigenvalue weighted by atomic mass is 19.1. The quantitative estimate of drug-likeness (QED) is 0.516. The van der Waals surface area contributed by atoms with Crippen molar-refractivity contribution in [1.29, 1.82) is 0 Å². The highest BCUT2D eigenvalue weighted by molar-refractivity contribution is 5.15. The minimum atomic E-state index is -2.15. The van der Waals surface area contributed by atoms with E-state index in [2.05, 4.69) is 5.73 Å². The van der Waals surface area contributed by atoms with Gasteiger partial charge in [-0.2, -0.15) is 4.39 Å². The van der Waals surface area contributed by atoms with E-state index in [4.69, 9.17) is 4.74 Å². The van der Waals surface area contributed by atoms with Gasteiger partial charge < -0.3 is 20.1 Å². The van der Waals surface area contributed by atoms with Gasteiger partial charge in [0.1, 0.15) is 12.2 Å². The van der Waals surface area contributed by atoms with Gasteiger partial charge in [-0.05, 0) is 25.5 Å². The molecule has 126 valence electrons. The minimum Gasteiger partial charge on any atom is -0.394 e. The van der Waals surface area contributed by atoms with E-state index in [0.717, 1.165) is 6.08 Å². The van der Waals surface area contributed by atoms with Gasteiger partial charge in [0, 0.05) is 0 Å².